The van der Waals surface area contributed by atoms with Crippen LogP contribution < -0.4 is 10.8 Å². The molecule has 0 aromatic heterocycles. The third kappa shape index (κ3) is 7.40. The molecule has 0 bridgehead atoms. The first kappa shape index (κ1) is 15.1. The van der Waals surface area contributed by atoms with E-state index in [1.165, 1.54) is 0 Å². The van der Waals surface area contributed by atoms with E-state index in [1.54, 1.807) is 0 Å². The molecule has 0 heterocycles. The summed E-state index contributed by atoms with van der Waals surface area (Å²) < 4.78 is 24.3. The van der Waals surface area contributed by atoms with Gasteiger partial charge in [0.1, 0.15) is 19.5 Å². The molecule has 1 rings (SSSR count). The van der Waals surface area contributed by atoms with Crippen molar-refractivity contribution in [2.45, 2.75) is 39.8 Å². The van der Waals surface area contributed by atoms with Gasteiger partial charge >= 0.3 is 0 Å². The molecule has 0 unspecified atom stereocenters. The van der Waals surface area contributed by atoms with E-state index in [0.29, 0.717) is 12.1 Å². The molecule has 2 radical (unpaired) electrons. The lowest BCUT2D eigenvalue weighted by atomic mass is 9.96. The summed E-state index contributed by atoms with van der Waals surface area (Å²) in [6, 6.07) is 4.20. The number of hydrogen-bond acceptors (Lipinski definition) is 1. The van der Waals surface area contributed by atoms with Crippen LogP contribution in [0.4, 0.5) is 8.78 Å². The van der Waals surface area contributed by atoms with Crippen LogP contribution in [0, 0.1) is 11.6 Å². The molecule has 0 saturated carbocycles. The maximum atomic E-state index is 12.2. The molecule has 0 spiro atoms. The summed E-state index contributed by atoms with van der Waals surface area (Å²) in [5.74, 6) is -1.11. The summed E-state index contributed by atoms with van der Waals surface area (Å²) in [6.07, 6.45) is 0. The Morgan fingerprint density at radius 1 is 1.06 bits per heavy atom. The van der Waals surface area contributed by atoms with Crippen molar-refractivity contribution in [1.29, 1.82) is 0 Å². The first-order chi connectivity index (χ1) is 7.32. The molecule has 0 aliphatic heterocycles. The molecule has 0 aliphatic rings. The molecule has 1 N–H and O–H groups in total. The lowest BCUT2D eigenvalue weighted by molar-refractivity contribution is 0.518. The molecule has 88 valence electrons. The van der Waals surface area contributed by atoms with Gasteiger partial charge in [-0.2, -0.15) is 0 Å². The molecule has 0 fully saturated rings. The average Bonchev–Trinajstić information content (AvgIpc) is 2.10. The van der Waals surface area contributed by atoms with E-state index < -0.39 is 11.6 Å². The first-order valence-corrected chi connectivity index (χ1v) is 5.29. The number of nitrogens with one attached hydrogen (secondary N) is 1. The Morgan fingerprint density at radius 3 is 1.81 bits per heavy atom. The van der Waals surface area contributed by atoms with Gasteiger partial charge in [-0.3, -0.25) is 0 Å². The molecule has 0 amide bonds. The summed E-state index contributed by atoms with van der Waals surface area (Å²) in [5.41, 5.74) is -0.157. The van der Waals surface area contributed by atoms with Crippen molar-refractivity contribution in [3.8, 4) is 0 Å². The van der Waals surface area contributed by atoms with Crippen LogP contribution in [0.15, 0.2) is 18.2 Å². The van der Waals surface area contributed by atoms with E-state index >= 15 is 0 Å². The molecule has 1 aromatic rings. The largest absolute Gasteiger partial charge is 0.312 e. The Balaban J connectivity index is 0.000000293. The monoisotopic (exact) mass is 225 g/mol. The van der Waals surface area contributed by atoms with Gasteiger partial charge < -0.3 is 5.32 Å². The third-order valence-corrected chi connectivity index (χ3v) is 1.62. The number of hydrogen-bond donors (Lipinski definition) is 1. The summed E-state index contributed by atoms with van der Waals surface area (Å²) in [6.45, 7) is 8.61. The Kier molecular flexibility index (Phi) is 6.98. The highest BCUT2D eigenvalue weighted by Crippen LogP contribution is 1.95. The zero-order valence-corrected chi connectivity index (χ0v) is 10.2. The van der Waals surface area contributed by atoms with Crippen LogP contribution in [0.1, 0.15) is 27.7 Å². The Morgan fingerprint density at radius 2 is 1.56 bits per heavy atom. The Hall–Kier alpha value is -0.895. The van der Waals surface area contributed by atoms with Crippen molar-refractivity contribution in [2.75, 3.05) is 0 Å². The second kappa shape index (κ2) is 7.39. The van der Waals surface area contributed by atoms with Gasteiger partial charge in [-0.05, 0) is 18.2 Å². The highest BCUT2D eigenvalue weighted by molar-refractivity contribution is 6.32. The SMILES string of the molecule is CC(C)NC(C)C.[B]c1cc(F)ccc1F. The van der Waals surface area contributed by atoms with E-state index in [2.05, 4.69) is 33.0 Å². The Bertz CT molecular complexity index is 308. The number of halogens is 2. The van der Waals surface area contributed by atoms with Crippen LogP contribution >= 0.6 is 0 Å². The highest BCUT2D eigenvalue weighted by Gasteiger charge is 1.95. The fourth-order valence-electron chi connectivity index (χ4n) is 1.18. The van der Waals surface area contributed by atoms with E-state index in [4.69, 9.17) is 7.85 Å². The molecule has 1 aromatic carbocycles. The van der Waals surface area contributed by atoms with Gasteiger partial charge in [0, 0.05) is 12.1 Å². The van der Waals surface area contributed by atoms with Gasteiger partial charge in [0.2, 0.25) is 0 Å². The zero-order valence-electron chi connectivity index (χ0n) is 10.2. The minimum atomic E-state index is -0.587. The van der Waals surface area contributed by atoms with E-state index in [-0.39, 0.29) is 5.46 Å². The van der Waals surface area contributed by atoms with Gasteiger partial charge in [-0.25, -0.2) is 8.78 Å². The summed E-state index contributed by atoms with van der Waals surface area (Å²) in [7, 11) is 5.01. The zero-order chi connectivity index (χ0) is 12.7. The molecule has 4 heteroatoms. The van der Waals surface area contributed by atoms with Gasteiger partial charge in [-0.15, -0.1) is 0 Å². The fourth-order valence-corrected chi connectivity index (χ4v) is 1.18. The van der Waals surface area contributed by atoms with Crippen LogP contribution in [0.25, 0.3) is 0 Å². The normalized spacial score (nSPS) is 10.2. The minimum Gasteiger partial charge on any atom is -0.312 e. The molecule has 16 heavy (non-hydrogen) atoms. The maximum Gasteiger partial charge on any atom is 0.122 e. The van der Waals surface area contributed by atoms with E-state index in [0.717, 1.165) is 18.2 Å². The number of benzene rings is 1. The summed E-state index contributed by atoms with van der Waals surface area (Å²) in [5, 5.41) is 3.31. The van der Waals surface area contributed by atoms with Gasteiger partial charge in [0.05, 0.1) is 0 Å². The van der Waals surface area contributed by atoms with Crippen LogP contribution in [0.2, 0.25) is 0 Å². The van der Waals surface area contributed by atoms with Crippen molar-refractivity contribution in [3.05, 3.63) is 29.8 Å². The first-order valence-electron chi connectivity index (χ1n) is 5.29. The van der Waals surface area contributed by atoms with E-state index in [1.807, 2.05) is 0 Å². The van der Waals surface area contributed by atoms with Crippen LogP contribution in [0.5, 0.6) is 0 Å². The highest BCUT2D eigenvalue weighted by atomic mass is 19.1. The topological polar surface area (TPSA) is 12.0 Å². The minimum absolute atomic E-state index is 0.157. The third-order valence-electron chi connectivity index (χ3n) is 1.62. The van der Waals surface area contributed by atoms with Crippen molar-refractivity contribution in [3.63, 3.8) is 0 Å². The van der Waals surface area contributed by atoms with Gasteiger partial charge in [0.15, 0.2) is 0 Å². The van der Waals surface area contributed by atoms with Crippen LogP contribution in [-0.2, 0) is 0 Å². The lowest BCUT2D eigenvalue weighted by Gasteiger charge is -2.10. The van der Waals surface area contributed by atoms with Gasteiger partial charge in [0.25, 0.3) is 0 Å². The second-order valence-corrected chi connectivity index (χ2v) is 4.14. The lowest BCUT2D eigenvalue weighted by Crippen LogP contribution is -2.29. The average molecular weight is 225 g/mol. The predicted molar refractivity (Wildman–Crippen MR) is 65.2 cm³/mol. The maximum absolute atomic E-state index is 12.2. The van der Waals surface area contributed by atoms with E-state index in [9.17, 15) is 8.78 Å². The predicted octanol–water partition coefficient (Wildman–Crippen LogP) is 2.15. The molecule has 0 atom stereocenters. The number of rotatable bonds is 2. The van der Waals surface area contributed by atoms with Crippen molar-refractivity contribution in [2.24, 2.45) is 0 Å². The fraction of sp³-hybridized carbons (Fsp3) is 0.500. The second-order valence-electron chi connectivity index (χ2n) is 4.14. The quantitative estimate of drug-likeness (QED) is 0.760. The molecule has 1 nitrogen and oxygen atoms in total. The molecular weight excluding hydrogens is 207 g/mol. The molecular formula is C12H18BF2N. The van der Waals surface area contributed by atoms with Crippen molar-refractivity contribution in [1.82, 2.24) is 5.32 Å². The summed E-state index contributed by atoms with van der Waals surface area (Å²) >= 11 is 0. The molecule has 0 aliphatic carbocycles. The van der Waals surface area contributed by atoms with Crippen LogP contribution in [0.3, 0.4) is 0 Å². The molecule has 0 saturated heterocycles. The van der Waals surface area contributed by atoms with Crippen LogP contribution in [-0.4, -0.2) is 19.9 Å². The Labute approximate surface area is 97.7 Å². The van der Waals surface area contributed by atoms with Crippen molar-refractivity contribution < 1.29 is 8.78 Å². The van der Waals surface area contributed by atoms with Crippen molar-refractivity contribution >= 4 is 13.3 Å². The smallest absolute Gasteiger partial charge is 0.122 e. The van der Waals surface area contributed by atoms with Gasteiger partial charge in [-0.1, -0.05) is 33.2 Å². The summed E-state index contributed by atoms with van der Waals surface area (Å²) in [4.78, 5) is 0. The standard InChI is InChI=1S/C6H3BF2.C6H15N/c7-5-3-4(8)1-2-6(5)9;1-5(2)7-6(3)4/h1-3H;5-7H,1-4H3.